The summed E-state index contributed by atoms with van der Waals surface area (Å²) in [5, 5.41) is 3.16. The van der Waals surface area contributed by atoms with E-state index >= 15 is 0 Å². The molecule has 1 saturated heterocycles. The molecular formula is C23H39N3O2. The van der Waals surface area contributed by atoms with Crippen LogP contribution in [0.1, 0.15) is 86.0 Å². The Morgan fingerprint density at radius 2 is 1.32 bits per heavy atom. The van der Waals surface area contributed by atoms with Crippen LogP contribution in [-0.4, -0.2) is 39.9 Å². The Morgan fingerprint density at radius 3 is 1.75 bits per heavy atom. The van der Waals surface area contributed by atoms with Crippen LogP contribution in [0.2, 0.25) is 0 Å². The molecule has 5 heteroatoms. The quantitative estimate of drug-likeness (QED) is 0.712. The van der Waals surface area contributed by atoms with Crippen LogP contribution >= 0.6 is 0 Å². The molecule has 5 rings (SSSR count). The summed E-state index contributed by atoms with van der Waals surface area (Å²) in [4.78, 5) is 28.1. The van der Waals surface area contributed by atoms with E-state index in [9.17, 15) is 9.59 Å². The van der Waals surface area contributed by atoms with Gasteiger partial charge in [0.2, 0.25) is 0 Å². The molecule has 3 N–H and O–H groups in total. The number of carbonyl (C=O) groups is 2. The molecule has 5 fully saturated rings. The number of nitrogens with one attached hydrogen (secondary N) is 1. The lowest BCUT2D eigenvalue weighted by atomic mass is 9.48. The lowest BCUT2D eigenvalue weighted by molar-refractivity contribution is -0.160. The fourth-order valence-electron chi connectivity index (χ4n) is 8.13. The second kappa shape index (κ2) is 6.45. The highest BCUT2D eigenvalue weighted by atomic mass is 16.2. The highest BCUT2D eigenvalue weighted by Gasteiger charge is 2.54. The Kier molecular flexibility index (Phi) is 4.65. The van der Waals surface area contributed by atoms with Crippen LogP contribution in [0.15, 0.2) is 0 Å². The molecule has 2 amide bonds. The van der Waals surface area contributed by atoms with Crippen molar-refractivity contribution in [2.24, 2.45) is 28.9 Å². The third-order valence-electron chi connectivity index (χ3n) is 8.48. The average molecular weight is 390 g/mol. The fraction of sp³-hybridized carbons (Fsp3) is 0.913. The Bertz CT molecular complexity index is 615. The number of rotatable bonds is 2. The monoisotopic (exact) mass is 389 g/mol. The average Bonchev–Trinajstić information content (AvgIpc) is 2.50. The largest absolute Gasteiger partial charge is 0.345 e. The molecule has 0 aromatic rings. The zero-order chi connectivity index (χ0) is 20.5. The normalized spacial score (nSPS) is 39.6. The van der Waals surface area contributed by atoms with Crippen molar-refractivity contribution in [1.82, 2.24) is 10.2 Å². The summed E-state index contributed by atoms with van der Waals surface area (Å²) in [5.41, 5.74) is 5.61. The van der Waals surface area contributed by atoms with Crippen LogP contribution in [0.25, 0.3) is 0 Å². The molecule has 0 aromatic heterocycles. The summed E-state index contributed by atoms with van der Waals surface area (Å²) in [5.74, 6) is 1.69. The molecule has 1 heterocycles. The molecule has 0 spiro atoms. The molecule has 1 unspecified atom stereocenters. The van der Waals surface area contributed by atoms with Gasteiger partial charge in [-0.15, -0.1) is 0 Å². The zero-order valence-electron chi connectivity index (χ0n) is 18.4. The summed E-state index contributed by atoms with van der Waals surface area (Å²) < 4.78 is 0. The first-order valence-corrected chi connectivity index (χ1v) is 11.3. The smallest absolute Gasteiger partial charge is 0.312 e. The fourth-order valence-corrected chi connectivity index (χ4v) is 8.13. The number of nitrogens with zero attached hydrogens (tertiary/aromatic N) is 1. The molecule has 1 aliphatic heterocycles. The summed E-state index contributed by atoms with van der Waals surface area (Å²) in [6.07, 6.45) is 9.28. The summed E-state index contributed by atoms with van der Waals surface area (Å²) in [7, 11) is 0. The van der Waals surface area contributed by atoms with Crippen molar-refractivity contribution in [3.63, 3.8) is 0 Å². The molecule has 4 bridgehead atoms. The zero-order valence-corrected chi connectivity index (χ0v) is 18.4. The van der Waals surface area contributed by atoms with Crippen molar-refractivity contribution >= 4 is 11.8 Å². The minimum atomic E-state index is -0.431. The van der Waals surface area contributed by atoms with Gasteiger partial charge in [0.15, 0.2) is 0 Å². The lowest BCUT2D eigenvalue weighted by Gasteiger charge is -2.59. The first-order valence-electron chi connectivity index (χ1n) is 11.3. The second-order valence-corrected chi connectivity index (χ2v) is 11.9. The van der Waals surface area contributed by atoms with Crippen molar-refractivity contribution in [3.05, 3.63) is 0 Å². The van der Waals surface area contributed by atoms with Gasteiger partial charge in [-0.05, 0) is 109 Å². The molecule has 0 aromatic carbocycles. The summed E-state index contributed by atoms with van der Waals surface area (Å²) >= 11 is 0. The third-order valence-corrected chi connectivity index (χ3v) is 8.48. The van der Waals surface area contributed by atoms with Crippen LogP contribution in [0.3, 0.4) is 0 Å². The maximum absolute atomic E-state index is 13.3. The van der Waals surface area contributed by atoms with Gasteiger partial charge < -0.3 is 16.0 Å². The molecule has 1 atom stereocenters. The van der Waals surface area contributed by atoms with Gasteiger partial charge in [0, 0.05) is 23.2 Å². The number of hydrogen-bond acceptors (Lipinski definition) is 3. The Labute approximate surface area is 170 Å². The van der Waals surface area contributed by atoms with E-state index in [4.69, 9.17) is 5.73 Å². The number of hydrogen-bond donors (Lipinski definition) is 2. The van der Waals surface area contributed by atoms with Crippen molar-refractivity contribution in [3.8, 4) is 0 Å². The molecule has 4 aliphatic carbocycles. The van der Waals surface area contributed by atoms with Gasteiger partial charge in [-0.1, -0.05) is 0 Å². The number of carbonyl (C=O) groups excluding carboxylic acids is 2. The van der Waals surface area contributed by atoms with E-state index in [-0.39, 0.29) is 17.5 Å². The summed E-state index contributed by atoms with van der Waals surface area (Å²) in [6, 6.07) is 0.124. The summed E-state index contributed by atoms with van der Waals surface area (Å²) in [6.45, 7) is 10.3. The highest BCUT2D eigenvalue weighted by molar-refractivity contribution is 6.35. The van der Waals surface area contributed by atoms with E-state index in [1.165, 1.54) is 38.5 Å². The maximum atomic E-state index is 13.3. The minimum Gasteiger partial charge on any atom is -0.345 e. The standard InChI is InChI=1S/C23H39N3O2/c1-14(23-9-15-6-16(10-23)8-17(7-15)11-23)25-19(27)20(28)26-21(2,3)12-18(24)13-22(26,4)5/h14-18H,6-13,24H2,1-5H3,(H,25,27). The predicted molar refractivity (Wildman–Crippen MR) is 110 cm³/mol. The van der Waals surface area contributed by atoms with Gasteiger partial charge in [0.1, 0.15) is 0 Å². The Morgan fingerprint density at radius 1 is 0.893 bits per heavy atom. The Hall–Kier alpha value is -1.10. The molecule has 158 valence electrons. The minimum absolute atomic E-state index is 0.0584. The predicted octanol–water partition coefficient (Wildman–Crippen LogP) is 3.21. The molecule has 4 saturated carbocycles. The Balaban J connectivity index is 1.48. The lowest BCUT2D eigenvalue weighted by Crippen LogP contribution is -2.68. The van der Waals surface area contributed by atoms with Crippen LogP contribution in [0, 0.1) is 23.2 Å². The molecule has 5 nitrogen and oxygen atoms in total. The van der Waals surface area contributed by atoms with E-state index in [0.717, 1.165) is 30.6 Å². The van der Waals surface area contributed by atoms with Crippen molar-refractivity contribution in [2.75, 3.05) is 0 Å². The molecule has 0 radical (unpaired) electrons. The number of nitrogens with two attached hydrogens (primary N) is 1. The van der Waals surface area contributed by atoms with E-state index in [2.05, 4.69) is 12.2 Å². The van der Waals surface area contributed by atoms with Crippen molar-refractivity contribution in [1.29, 1.82) is 0 Å². The van der Waals surface area contributed by atoms with E-state index in [1.807, 2.05) is 27.7 Å². The van der Waals surface area contributed by atoms with Crippen LogP contribution in [-0.2, 0) is 9.59 Å². The van der Waals surface area contributed by atoms with E-state index in [0.29, 0.717) is 0 Å². The van der Waals surface area contributed by atoms with Gasteiger partial charge in [0.05, 0.1) is 0 Å². The van der Waals surface area contributed by atoms with Gasteiger partial charge in [-0.2, -0.15) is 0 Å². The number of piperidine rings is 1. The first kappa shape index (κ1) is 20.2. The second-order valence-electron chi connectivity index (χ2n) is 11.9. The van der Waals surface area contributed by atoms with Gasteiger partial charge in [0.25, 0.3) is 0 Å². The maximum Gasteiger partial charge on any atom is 0.312 e. The van der Waals surface area contributed by atoms with Crippen molar-refractivity contribution < 1.29 is 9.59 Å². The van der Waals surface area contributed by atoms with Gasteiger partial charge in [-0.3, -0.25) is 9.59 Å². The van der Waals surface area contributed by atoms with Gasteiger partial charge in [-0.25, -0.2) is 0 Å². The highest BCUT2D eigenvalue weighted by Crippen LogP contribution is 2.61. The van der Waals surface area contributed by atoms with Crippen molar-refractivity contribution in [2.45, 2.75) is 109 Å². The molecule has 5 aliphatic rings. The number of amides is 2. The van der Waals surface area contributed by atoms with E-state index < -0.39 is 22.9 Å². The van der Waals surface area contributed by atoms with Crippen LogP contribution in [0.5, 0.6) is 0 Å². The first-order chi connectivity index (χ1) is 12.9. The molecule has 28 heavy (non-hydrogen) atoms. The SMILES string of the molecule is CC(NC(=O)C(=O)N1C(C)(C)CC(N)CC1(C)C)C12CC3CC(CC(C3)C1)C2. The van der Waals surface area contributed by atoms with Crippen LogP contribution in [0.4, 0.5) is 0 Å². The van der Waals surface area contributed by atoms with E-state index in [1.54, 1.807) is 4.90 Å². The third kappa shape index (κ3) is 3.28. The topological polar surface area (TPSA) is 75.4 Å². The molecular weight excluding hydrogens is 350 g/mol. The van der Waals surface area contributed by atoms with Gasteiger partial charge >= 0.3 is 11.8 Å². The van der Waals surface area contributed by atoms with Crippen LogP contribution < -0.4 is 11.1 Å². The number of likely N-dealkylation sites (tertiary alicyclic amines) is 1.